The number of hydrogen-bond acceptors (Lipinski definition) is 5. The predicted molar refractivity (Wildman–Crippen MR) is 157 cm³/mol. The molecule has 7 heteroatoms. The highest BCUT2D eigenvalue weighted by molar-refractivity contribution is 7.86. The smallest absolute Gasteiger partial charge is 0.296 e. The van der Waals surface area contributed by atoms with Gasteiger partial charge >= 0.3 is 0 Å². The van der Waals surface area contributed by atoms with Crippen LogP contribution in [0.15, 0.2) is 89.8 Å². The van der Waals surface area contributed by atoms with Crippen LogP contribution in [0.4, 0.5) is 0 Å². The van der Waals surface area contributed by atoms with Crippen LogP contribution in [0.1, 0.15) is 40.2 Å². The van der Waals surface area contributed by atoms with Crippen molar-refractivity contribution in [2.24, 2.45) is 11.8 Å². The summed E-state index contributed by atoms with van der Waals surface area (Å²) in [7, 11) is -4.87. The molecule has 38 heavy (non-hydrogen) atoms. The van der Waals surface area contributed by atoms with E-state index in [0.29, 0.717) is 6.61 Å². The molecular formula is C31H42O5SSi. The summed E-state index contributed by atoms with van der Waals surface area (Å²) in [6.45, 7) is 13.2. The van der Waals surface area contributed by atoms with Gasteiger partial charge in [0.05, 0.1) is 17.6 Å². The molecule has 0 fully saturated rings. The minimum atomic E-state index is -3.85. The van der Waals surface area contributed by atoms with E-state index in [0.717, 1.165) is 5.56 Å². The van der Waals surface area contributed by atoms with Crippen molar-refractivity contribution >= 4 is 28.8 Å². The molecule has 0 aliphatic rings. The molecule has 206 valence electrons. The fourth-order valence-corrected chi connectivity index (χ4v) is 10.9. The molecule has 0 unspecified atom stereocenters. The van der Waals surface area contributed by atoms with Crippen LogP contribution in [0.3, 0.4) is 0 Å². The number of rotatable bonds is 12. The zero-order chi connectivity index (χ0) is 28.0. The zero-order valence-electron chi connectivity index (χ0n) is 23.7. The fourth-order valence-electron chi connectivity index (χ4n) is 5.20. The van der Waals surface area contributed by atoms with Gasteiger partial charge in [0, 0.05) is 25.6 Å². The highest BCUT2D eigenvalue weighted by atomic mass is 32.2. The van der Waals surface area contributed by atoms with Gasteiger partial charge in [0.15, 0.2) is 0 Å². The minimum absolute atomic E-state index is 0.00216. The molecule has 0 aromatic heterocycles. The molecule has 0 saturated heterocycles. The van der Waals surface area contributed by atoms with Crippen LogP contribution in [0, 0.1) is 18.8 Å². The molecule has 5 nitrogen and oxygen atoms in total. The lowest BCUT2D eigenvalue weighted by atomic mass is 9.94. The van der Waals surface area contributed by atoms with Gasteiger partial charge in [-0.1, -0.05) is 113 Å². The molecule has 3 aromatic carbocycles. The second-order valence-corrected chi connectivity index (χ2v) is 17.1. The maximum Gasteiger partial charge on any atom is 0.296 e. The van der Waals surface area contributed by atoms with E-state index in [1.807, 2.05) is 26.0 Å². The lowest BCUT2D eigenvalue weighted by molar-refractivity contribution is -0.0117. The summed E-state index contributed by atoms with van der Waals surface area (Å²) in [6.07, 6.45) is -0.249. The van der Waals surface area contributed by atoms with E-state index in [9.17, 15) is 8.42 Å². The molecule has 0 aliphatic heterocycles. The average Bonchev–Trinajstić information content (AvgIpc) is 2.89. The Hall–Kier alpha value is -2.29. The third kappa shape index (κ3) is 6.82. The third-order valence-electron chi connectivity index (χ3n) is 7.17. The zero-order valence-corrected chi connectivity index (χ0v) is 25.5. The molecular weight excluding hydrogens is 512 g/mol. The molecule has 0 spiro atoms. The van der Waals surface area contributed by atoms with E-state index >= 15 is 0 Å². The molecule has 0 bridgehead atoms. The summed E-state index contributed by atoms with van der Waals surface area (Å²) in [6, 6.07) is 27.7. The Morgan fingerprint density at radius 1 is 0.763 bits per heavy atom. The van der Waals surface area contributed by atoms with Gasteiger partial charge in [-0.15, -0.1) is 0 Å². The Balaban J connectivity index is 1.80. The van der Waals surface area contributed by atoms with E-state index in [-0.39, 0.29) is 34.5 Å². The third-order valence-corrected chi connectivity index (χ3v) is 13.5. The largest absolute Gasteiger partial charge is 0.407 e. The second kappa shape index (κ2) is 12.7. The molecule has 0 N–H and O–H groups in total. The van der Waals surface area contributed by atoms with Crippen molar-refractivity contribution in [3.8, 4) is 0 Å². The van der Waals surface area contributed by atoms with Crippen LogP contribution >= 0.6 is 0 Å². The lowest BCUT2D eigenvalue weighted by Crippen LogP contribution is -2.67. The molecule has 3 atom stereocenters. The maximum atomic E-state index is 12.7. The van der Waals surface area contributed by atoms with Crippen molar-refractivity contribution in [1.29, 1.82) is 0 Å². The van der Waals surface area contributed by atoms with E-state index in [1.165, 1.54) is 10.4 Å². The Morgan fingerprint density at radius 2 is 1.24 bits per heavy atom. The molecule has 0 heterocycles. The monoisotopic (exact) mass is 554 g/mol. The molecule has 3 aromatic rings. The van der Waals surface area contributed by atoms with Gasteiger partial charge in [-0.2, -0.15) is 8.42 Å². The van der Waals surface area contributed by atoms with Crippen molar-refractivity contribution in [2.45, 2.75) is 57.6 Å². The predicted octanol–water partition coefficient (Wildman–Crippen LogP) is 5.56. The van der Waals surface area contributed by atoms with Crippen LogP contribution in [-0.2, 0) is 23.5 Å². The van der Waals surface area contributed by atoms with Gasteiger partial charge < -0.3 is 9.16 Å². The van der Waals surface area contributed by atoms with Gasteiger partial charge in [-0.3, -0.25) is 4.18 Å². The average molecular weight is 555 g/mol. The van der Waals surface area contributed by atoms with E-state index < -0.39 is 18.4 Å². The molecule has 0 amide bonds. The van der Waals surface area contributed by atoms with Gasteiger partial charge in [0.25, 0.3) is 18.4 Å². The summed E-state index contributed by atoms with van der Waals surface area (Å²) in [4.78, 5) is 0.160. The van der Waals surface area contributed by atoms with Crippen molar-refractivity contribution < 1.29 is 21.8 Å². The molecule has 0 aliphatic carbocycles. The lowest BCUT2D eigenvalue weighted by Gasteiger charge is -2.44. The van der Waals surface area contributed by atoms with Gasteiger partial charge in [0.1, 0.15) is 0 Å². The van der Waals surface area contributed by atoms with Crippen LogP contribution in [-0.4, -0.2) is 43.2 Å². The number of aryl methyl sites for hydroxylation is 1. The normalized spacial score (nSPS) is 15.1. The first kappa shape index (κ1) is 30.3. The number of benzene rings is 3. The van der Waals surface area contributed by atoms with E-state index in [4.69, 9.17) is 13.3 Å². The van der Waals surface area contributed by atoms with Crippen molar-refractivity contribution in [1.82, 2.24) is 0 Å². The van der Waals surface area contributed by atoms with Crippen molar-refractivity contribution in [2.75, 3.05) is 20.3 Å². The molecule has 0 radical (unpaired) electrons. The first-order valence-corrected chi connectivity index (χ1v) is 16.5. The fraction of sp³-hybridized carbons (Fsp3) is 0.419. The Kier molecular flexibility index (Phi) is 10.1. The first-order valence-electron chi connectivity index (χ1n) is 13.2. The van der Waals surface area contributed by atoms with Crippen LogP contribution in [0.5, 0.6) is 0 Å². The van der Waals surface area contributed by atoms with Gasteiger partial charge in [0.2, 0.25) is 0 Å². The SMILES string of the molecule is CO[C@H]([C@@H](C)CO[Si](c1ccccc1)(c1ccccc1)C(C)(C)C)[C@@H](C)COS(=O)(=O)c1ccc(C)cc1. The van der Waals surface area contributed by atoms with Crippen LogP contribution in [0.25, 0.3) is 0 Å². The van der Waals surface area contributed by atoms with Crippen LogP contribution in [0.2, 0.25) is 5.04 Å². The number of methoxy groups -OCH3 is 1. The Bertz CT molecular complexity index is 1200. The summed E-state index contributed by atoms with van der Waals surface area (Å²) >= 11 is 0. The van der Waals surface area contributed by atoms with Gasteiger partial charge in [-0.25, -0.2) is 0 Å². The van der Waals surface area contributed by atoms with E-state index in [2.05, 4.69) is 76.2 Å². The summed E-state index contributed by atoms with van der Waals surface area (Å²) < 4.78 is 43.9. The Morgan fingerprint density at radius 3 is 1.68 bits per heavy atom. The standard InChI is InChI=1S/C31H42O5SSi/c1-24-18-20-27(21-19-24)37(32,33)35-22-25(2)30(34-7)26(3)23-36-38(31(4,5)6,28-14-10-8-11-15-28)29-16-12-9-13-17-29/h8-21,25-26,30H,22-23H2,1-7H3/t25-,26-,30-/m0/s1. The van der Waals surface area contributed by atoms with E-state index in [1.54, 1.807) is 31.4 Å². The summed E-state index contributed by atoms with van der Waals surface area (Å²) in [5, 5.41) is 2.32. The van der Waals surface area contributed by atoms with Crippen LogP contribution < -0.4 is 10.4 Å². The minimum Gasteiger partial charge on any atom is -0.407 e. The molecule has 3 rings (SSSR count). The quantitative estimate of drug-likeness (QED) is 0.217. The number of hydrogen-bond donors (Lipinski definition) is 0. The Labute approximate surface area is 230 Å². The highest BCUT2D eigenvalue weighted by Gasteiger charge is 2.50. The number of ether oxygens (including phenoxy) is 1. The molecule has 0 saturated carbocycles. The van der Waals surface area contributed by atoms with Crippen molar-refractivity contribution in [3.05, 3.63) is 90.5 Å². The summed E-state index contributed by atoms with van der Waals surface area (Å²) in [5.41, 5.74) is 0.992. The van der Waals surface area contributed by atoms with Gasteiger partial charge in [-0.05, 0) is 34.5 Å². The summed E-state index contributed by atoms with van der Waals surface area (Å²) in [5.74, 6) is -0.166. The topological polar surface area (TPSA) is 61.8 Å². The van der Waals surface area contributed by atoms with Crippen molar-refractivity contribution in [3.63, 3.8) is 0 Å². The maximum absolute atomic E-state index is 12.7. The highest BCUT2D eigenvalue weighted by Crippen LogP contribution is 2.37. The second-order valence-electron chi connectivity index (χ2n) is 11.2. The first-order chi connectivity index (χ1) is 17.9.